The van der Waals surface area contributed by atoms with Crippen LogP contribution in [0.25, 0.3) is 0 Å². The second-order valence-corrected chi connectivity index (χ2v) is 4.17. The summed E-state index contributed by atoms with van der Waals surface area (Å²) in [7, 11) is 0. The van der Waals surface area contributed by atoms with Crippen LogP contribution in [0, 0.1) is 5.41 Å². The lowest BCUT2D eigenvalue weighted by Crippen LogP contribution is -2.33. The fourth-order valence-corrected chi connectivity index (χ4v) is 1.09. The zero-order valence-electron chi connectivity index (χ0n) is 8.27. The Labute approximate surface area is 78.8 Å². The Kier molecular flexibility index (Phi) is 5.48. The predicted octanol–water partition coefficient (Wildman–Crippen LogP) is -0.501. The highest BCUT2D eigenvalue weighted by Gasteiger charge is 2.25. The third-order valence-electron chi connectivity index (χ3n) is 2.06. The standard InChI is InChI=1S/C9H20O4/c1-9(2,6-11)5-8(13)7(12)3-4-10/h7-8,10-13H,3-6H2,1-2H3. The van der Waals surface area contributed by atoms with E-state index in [1.807, 2.05) is 13.8 Å². The van der Waals surface area contributed by atoms with Crippen LogP contribution >= 0.6 is 0 Å². The van der Waals surface area contributed by atoms with Crippen molar-refractivity contribution < 1.29 is 20.4 Å². The molecule has 0 radical (unpaired) electrons. The van der Waals surface area contributed by atoms with E-state index < -0.39 is 17.6 Å². The van der Waals surface area contributed by atoms with Gasteiger partial charge >= 0.3 is 0 Å². The summed E-state index contributed by atoms with van der Waals surface area (Å²) in [5.41, 5.74) is -0.393. The van der Waals surface area contributed by atoms with E-state index in [-0.39, 0.29) is 19.6 Å². The van der Waals surface area contributed by atoms with Crippen LogP contribution in [-0.4, -0.2) is 45.8 Å². The fourth-order valence-electron chi connectivity index (χ4n) is 1.09. The molecule has 4 nitrogen and oxygen atoms in total. The average Bonchev–Trinajstić information content (AvgIpc) is 2.04. The maximum absolute atomic E-state index is 9.44. The molecule has 0 bridgehead atoms. The fraction of sp³-hybridized carbons (Fsp3) is 1.00. The molecule has 0 rings (SSSR count). The van der Waals surface area contributed by atoms with Crippen molar-refractivity contribution >= 4 is 0 Å². The summed E-state index contributed by atoms with van der Waals surface area (Å²) in [6.07, 6.45) is -1.29. The van der Waals surface area contributed by atoms with Crippen molar-refractivity contribution in [1.29, 1.82) is 0 Å². The molecular formula is C9H20O4. The minimum absolute atomic E-state index is 0.0318. The Balaban J connectivity index is 3.91. The molecule has 2 atom stereocenters. The third-order valence-corrected chi connectivity index (χ3v) is 2.06. The van der Waals surface area contributed by atoms with E-state index in [1.165, 1.54) is 0 Å². The molecule has 0 fully saturated rings. The summed E-state index contributed by atoms with van der Waals surface area (Å²) in [5, 5.41) is 36.2. The number of rotatable bonds is 6. The van der Waals surface area contributed by atoms with E-state index in [1.54, 1.807) is 0 Å². The summed E-state index contributed by atoms with van der Waals surface area (Å²) in [6, 6.07) is 0. The van der Waals surface area contributed by atoms with Crippen molar-refractivity contribution in [2.24, 2.45) is 5.41 Å². The molecule has 13 heavy (non-hydrogen) atoms. The van der Waals surface area contributed by atoms with Gasteiger partial charge in [-0.3, -0.25) is 0 Å². The Morgan fingerprint density at radius 1 is 1.08 bits per heavy atom. The van der Waals surface area contributed by atoms with Gasteiger partial charge < -0.3 is 20.4 Å². The zero-order valence-corrected chi connectivity index (χ0v) is 8.27. The maximum atomic E-state index is 9.44. The van der Waals surface area contributed by atoms with Crippen molar-refractivity contribution in [3.8, 4) is 0 Å². The van der Waals surface area contributed by atoms with E-state index in [4.69, 9.17) is 10.2 Å². The maximum Gasteiger partial charge on any atom is 0.0821 e. The van der Waals surface area contributed by atoms with E-state index >= 15 is 0 Å². The Morgan fingerprint density at radius 3 is 2.00 bits per heavy atom. The molecule has 0 aromatic heterocycles. The lowest BCUT2D eigenvalue weighted by molar-refractivity contribution is -0.0258. The largest absolute Gasteiger partial charge is 0.396 e. The van der Waals surface area contributed by atoms with E-state index in [0.29, 0.717) is 6.42 Å². The Morgan fingerprint density at radius 2 is 1.62 bits per heavy atom. The van der Waals surface area contributed by atoms with E-state index in [9.17, 15) is 10.2 Å². The summed E-state index contributed by atoms with van der Waals surface area (Å²) in [5.74, 6) is 0. The topological polar surface area (TPSA) is 80.9 Å². The number of aliphatic hydroxyl groups excluding tert-OH is 4. The van der Waals surface area contributed by atoms with Gasteiger partial charge in [0.1, 0.15) is 0 Å². The summed E-state index contributed by atoms with van der Waals surface area (Å²) in [4.78, 5) is 0. The molecule has 0 spiro atoms. The van der Waals surface area contributed by atoms with Crippen LogP contribution in [0.1, 0.15) is 26.7 Å². The van der Waals surface area contributed by atoms with Crippen molar-refractivity contribution in [3.63, 3.8) is 0 Å². The Bertz CT molecular complexity index is 136. The van der Waals surface area contributed by atoms with Crippen LogP contribution < -0.4 is 0 Å². The van der Waals surface area contributed by atoms with Crippen molar-refractivity contribution in [1.82, 2.24) is 0 Å². The molecule has 4 heteroatoms. The summed E-state index contributed by atoms with van der Waals surface area (Å²) < 4.78 is 0. The smallest absolute Gasteiger partial charge is 0.0821 e. The van der Waals surface area contributed by atoms with Gasteiger partial charge in [-0.25, -0.2) is 0 Å². The second kappa shape index (κ2) is 5.54. The first-order valence-corrected chi connectivity index (χ1v) is 4.51. The molecule has 0 aromatic carbocycles. The summed E-state index contributed by atoms with van der Waals surface area (Å²) in [6.45, 7) is 3.44. The molecule has 4 N–H and O–H groups in total. The van der Waals surface area contributed by atoms with Crippen molar-refractivity contribution in [3.05, 3.63) is 0 Å². The monoisotopic (exact) mass is 192 g/mol. The number of hydrogen-bond donors (Lipinski definition) is 4. The first-order valence-electron chi connectivity index (χ1n) is 4.51. The van der Waals surface area contributed by atoms with Gasteiger partial charge in [0.25, 0.3) is 0 Å². The van der Waals surface area contributed by atoms with Gasteiger partial charge in [0.05, 0.1) is 12.2 Å². The van der Waals surface area contributed by atoms with Crippen molar-refractivity contribution in [2.45, 2.75) is 38.9 Å². The lowest BCUT2D eigenvalue weighted by Gasteiger charge is -2.27. The number of aliphatic hydroxyl groups is 4. The van der Waals surface area contributed by atoms with Crippen LogP contribution in [-0.2, 0) is 0 Å². The van der Waals surface area contributed by atoms with Crippen LogP contribution in [0.4, 0.5) is 0 Å². The molecule has 0 aliphatic heterocycles. The minimum Gasteiger partial charge on any atom is -0.396 e. The van der Waals surface area contributed by atoms with Gasteiger partial charge in [-0.2, -0.15) is 0 Å². The molecule has 80 valence electrons. The van der Waals surface area contributed by atoms with Gasteiger partial charge in [0.15, 0.2) is 0 Å². The normalized spacial score (nSPS) is 17.1. The highest BCUT2D eigenvalue weighted by atomic mass is 16.3. The highest BCUT2D eigenvalue weighted by Crippen LogP contribution is 2.23. The highest BCUT2D eigenvalue weighted by molar-refractivity contribution is 4.76. The van der Waals surface area contributed by atoms with Gasteiger partial charge in [0, 0.05) is 13.2 Å². The van der Waals surface area contributed by atoms with E-state index in [2.05, 4.69) is 0 Å². The molecular weight excluding hydrogens is 172 g/mol. The van der Waals surface area contributed by atoms with Crippen LogP contribution in [0.15, 0.2) is 0 Å². The third kappa shape index (κ3) is 5.21. The first-order chi connectivity index (χ1) is 5.93. The molecule has 0 aliphatic rings. The average molecular weight is 192 g/mol. The molecule has 2 unspecified atom stereocenters. The van der Waals surface area contributed by atoms with Crippen molar-refractivity contribution in [2.75, 3.05) is 13.2 Å². The predicted molar refractivity (Wildman–Crippen MR) is 49.2 cm³/mol. The molecule has 0 saturated carbocycles. The van der Waals surface area contributed by atoms with Crippen LogP contribution in [0.2, 0.25) is 0 Å². The molecule has 0 heterocycles. The van der Waals surface area contributed by atoms with Gasteiger partial charge in [-0.05, 0) is 18.3 Å². The van der Waals surface area contributed by atoms with Gasteiger partial charge in [0.2, 0.25) is 0 Å². The molecule has 0 saturated heterocycles. The first kappa shape index (κ1) is 12.8. The molecule has 0 amide bonds. The second-order valence-electron chi connectivity index (χ2n) is 4.17. The quantitative estimate of drug-likeness (QED) is 0.457. The Hall–Kier alpha value is -0.160. The minimum atomic E-state index is -0.907. The van der Waals surface area contributed by atoms with E-state index in [0.717, 1.165) is 0 Å². The molecule has 0 aliphatic carbocycles. The summed E-state index contributed by atoms with van der Waals surface area (Å²) >= 11 is 0. The van der Waals surface area contributed by atoms with Crippen LogP contribution in [0.5, 0.6) is 0 Å². The lowest BCUT2D eigenvalue weighted by atomic mass is 9.86. The van der Waals surface area contributed by atoms with Gasteiger partial charge in [-0.1, -0.05) is 13.8 Å². The van der Waals surface area contributed by atoms with Gasteiger partial charge in [-0.15, -0.1) is 0 Å². The SMILES string of the molecule is CC(C)(CO)CC(O)C(O)CCO. The molecule has 0 aromatic rings. The van der Waals surface area contributed by atoms with Crippen LogP contribution in [0.3, 0.4) is 0 Å². The number of hydrogen-bond acceptors (Lipinski definition) is 4. The zero-order chi connectivity index (χ0) is 10.5.